The van der Waals surface area contributed by atoms with Crippen molar-refractivity contribution in [3.8, 4) is 0 Å². The van der Waals surface area contributed by atoms with E-state index in [1.165, 1.54) is 0 Å². The number of aryl methyl sites for hydroxylation is 1. The van der Waals surface area contributed by atoms with Gasteiger partial charge in [0.25, 0.3) is 0 Å². The summed E-state index contributed by atoms with van der Waals surface area (Å²) in [6.45, 7) is 9.43. The average Bonchev–Trinajstić information content (AvgIpc) is 2.89. The molecule has 0 bridgehead atoms. The number of carbonyl (C=O) groups excluding carboxylic acids is 1. The fourth-order valence-corrected chi connectivity index (χ4v) is 2.40. The third-order valence-electron chi connectivity index (χ3n) is 3.97. The van der Waals surface area contributed by atoms with E-state index in [0.29, 0.717) is 25.6 Å². The van der Waals surface area contributed by atoms with Gasteiger partial charge < -0.3 is 20.4 Å². The van der Waals surface area contributed by atoms with E-state index in [1.54, 1.807) is 7.05 Å². The predicted octanol–water partition coefficient (Wildman–Crippen LogP) is 3.19. The van der Waals surface area contributed by atoms with Gasteiger partial charge in [-0.2, -0.15) is 0 Å². The van der Waals surface area contributed by atoms with Crippen LogP contribution in [0.5, 0.6) is 0 Å². The number of nitrogens with zero attached hydrogens (tertiary/aromatic N) is 1. The minimum Gasteiger partial charge on any atom is -0.459 e. The summed E-state index contributed by atoms with van der Waals surface area (Å²) in [7, 11) is 1.72. The summed E-state index contributed by atoms with van der Waals surface area (Å²) in [5.41, 5.74) is 1.65. The Balaban J connectivity index is 0.00000338. The Morgan fingerprint density at radius 2 is 1.77 bits per heavy atom. The van der Waals surface area contributed by atoms with Crippen molar-refractivity contribution in [2.75, 3.05) is 20.1 Å². The zero-order valence-electron chi connectivity index (χ0n) is 16.1. The smallest absolute Gasteiger partial charge is 0.225 e. The van der Waals surface area contributed by atoms with E-state index >= 15 is 0 Å². The topological polar surface area (TPSA) is 78.7 Å². The van der Waals surface area contributed by atoms with Crippen LogP contribution in [0.3, 0.4) is 0 Å². The molecule has 1 heterocycles. The molecule has 0 fully saturated rings. The summed E-state index contributed by atoms with van der Waals surface area (Å²) in [5.74, 6) is 1.60. The van der Waals surface area contributed by atoms with Gasteiger partial charge in [0, 0.05) is 36.5 Å². The molecule has 0 radical (unpaired) electrons. The number of amides is 1. The molecular weight excluding hydrogens is 443 g/mol. The van der Waals surface area contributed by atoms with Crippen molar-refractivity contribution in [1.82, 2.24) is 16.0 Å². The molecule has 0 atom stereocenters. The Kier molecular flexibility index (Phi) is 8.39. The maximum absolute atomic E-state index is 11.8. The van der Waals surface area contributed by atoms with E-state index in [1.807, 2.05) is 39.0 Å². The molecule has 3 N–H and O–H groups in total. The molecule has 0 saturated heterocycles. The fourth-order valence-electron chi connectivity index (χ4n) is 2.40. The van der Waals surface area contributed by atoms with Crippen LogP contribution >= 0.6 is 24.0 Å². The van der Waals surface area contributed by atoms with Crippen molar-refractivity contribution in [1.29, 1.82) is 0 Å². The molecular formula is C19H29IN4O2. The Morgan fingerprint density at radius 3 is 2.38 bits per heavy atom. The summed E-state index contributed by atoms with van der Waals surface area (Å²) >= 11 is 0. The van der Waals surface area contributed by atoms with Gasteiger partial charge in [0.2, 0.25) is 5.91 Å². The number of hydrogen-bond donors (Lipinski definition) is 3. The van der Waals surface area contributed by atoms with Crippen molar-refractivity contribution >= 4 is 46.8 Å². The maximum Gasteiger partial charge on any atom is 0.225 e. The molecule has 1 amide bonds. The van der Waals surface area contributed by atoms with E-state index in [9.17, 15) is 4.79 Å². The molecule has 6 nitrogen and oxygen atoms in total. The Bertz CT molecular complexity index is 762. The summed E-state index contributed by atoms with van der Waals surface area (Å²) in [6, 6.07) is 8.00. The standard InChI is InChI=1S/C19H28N4O2.HI/c1-13-14-8-6-7-9-15(14)25-16(13)12-23-18(20-5)22-11-10-21-17(24)19(2,3)4;/h6-9H,10-12H2,1-5H3,(H,21,24)(H2,20,22,23);1H. The monoisotopic (exact) mass is 472 g/mol. The van der Waals surface area contributed by atoms with Gasteiger partial charge in [-0.3, -0.25) is 9.79 Å². The van der Waals surface area contributed by atoms with Crippen molar-refractivity contribution in [3.05, 3.63) is 35.6 Å². The molecule has 0 saturated carbocycles. The normalized spacial score (nSPS) is 11.8. The van der Waals surface area contributed by atoms with E-state index in [-0.39, 0.29) is 35.3 Å². The lowest BCUT2D eigenvalue weighted by molar-refractivity contribution is -0.128. The largest absolute Gasteiger partial charge is 0.459 e. The second-order valence-corrected chi connectivity index (χ2v) is 7.00. The van der Waals surface area contributed by atoms with Gasteiger partial charge in [-0.25, -0.2) is 0 Å². The summed E-state index contributed by atoms with van der Waals surface area (Å²) < 4.78 is 5.89. The van der Waals surface area contributed by atoms with Gasteiger partial charge in [0.15, 0.2) is 5.96 Å². The molecule has 144 valence electrons. The van der Waals surface area contributed by atoms with E-state index < -0.39 is 0 Å². The van der Waals surface area contributed by atoms with Gasteiger partial charge in [-0.05, 0) is 13.0 Å². The zero-order valence-corrected chi connectivity index (χ0v) is 18.4. The lowest BCUT2D eigenvalue weighted by atomic mass is 9.96. The summed E-state index contributed by atoms with van der Waals surface area (Å²) in [6.07, 6.45) is 0. The predicted molar refractivity (Wildman–Crippen MR) is 117 cm³/mol. The highest BCUT2D eigenvalue weighted by atomic mass is 127. The SMILES string of the molecule is CN=C(NCCNC(=O)C(C)(C)C)NCc1oc2ccccc2c1C.I. The molecule has 26 heavy (non-hydrogen) atoms. The number of guanidine groups is 1. The second kappa shape index (κ2) is 9.80. The highest BCUT2D eigenvalue weighted by molar-refractivity contribution is 14.0. The van der Waals surface area contributed by atoms with Crippen molar-refractivity contribution in [2.45, 2.75) is 34.2 Å². The Labute approximate surface area is 172 Å². The van der Waals surface area contributed by atoms with E-state index in [2.05, 4.69) is 33.9 Å². The first-order chi connectivity index (χ1) is 11.8. The van der Waals surface area contributed by atoms with Crippen LogP contribution in [0.1, 0.15) is 32.1 Å². The van der Waals surface area contributed by atoms with Gasteiger partial charge >= 0.3 is 0 Å². The Morgan fingerprint density at radius 1 is 1.12 bits per heavy atom. The van der Waals surface area contributed by atoms with Crippen LogP contribution in [0.25, 0.3) is 11.0 Å². The molecule has 0 spiro atoms. The number of rotatable bonds is 5. The van der Waals surface area contributed by atoms with Gasteiger partial charge in [0.05, 0.1) is 6.54 Å². The molecule has 1 aromatic carbocycles. The third-order valence-corrected chi connectivity index (χ3v) is 3.97. The number of hydrogen-bond acceptors (Lipinski definition) is 3. The van der Waals surface area contributed by atoms with Crippen molar-refractivity contribution in [3.63, 3.8) is 0 Å². The number of nitrogens with one attached hydrogen (secondary N) is 3. The lowest BCUT2D eigenvalue weighted by Crippen LogP contribution is -2.43. The minimum absolute atomic E-state index is 0. The quantitative estimate of drug-likeness (QED) is 0.270. The van der Waals surface area contributed by atoms with Crippen LogP contribution in [-0.4, -0.2) is 32.0 Å². The van der Waals surface area contributed by atoms with Gasteiger partial charge in [-0.15, -0.1) is 24.0 Å². The maximum atomic E-state index is 11.8. The number of fused-ring (bicyclic) bond motifs is 1. The van der Waals surface area contributed by atoms with Crippen LogP contribution in [0.15, 0.2) is 33.7 Å². The average molecular weight is 472 g/mol. The van der Waals surface area contributed by atoms with E-state index in [4.69, 9.17) is 4.42 Å². The first kappa shape index (κ1) is 22.3. The molecule has 0 aliphatic heterocycles. The van der Waals surface area contributed by atoms with Crippen LogP contribution in [-0.2, 0) is 11.3 Å². The molecule has 2 aromatic rings. The van der Waals surface area contributed by atoms with Crippen molar-refractivity contribution < 1.29 is 9.21 Å². The number of halogens is 1. The number of para-hydroxylation sites is 1. The van der Waals surface area contributed by atoms with Crippen LogP contribution < -0.4 is 16.0 Å². The van der Waals surface area contributed by atoms with Crippen LogP contribution in [0.2, 0.25) is 0 Å². The molecule has 2 rings (SSSR count). The van der Waals surface area contributed by atoms with E-state index in [0.717, 1.165) is 22.3 Å². The zero-order chi connectivity index (χ0) is 18.4. The fraction of sp³-hybridized carbons (Fsp3) is 0.474. The van der Waals surface area contributed by atoms with Gasteiger partial charge in [-0.1, -0.05) is 39.0 Å². The summed E-state index contributed by atoms with van der Waals surface area (Å²) in [5, 5.41) is 10.5. The second-order valence-electron chi connectivity index (χ2n) is 7.00. The molecule has 0 unspecified atom stereocenters. The highest BCUT2D eigenvalue weighted by Gasteiger charge is 2.20. The highest BCUT2D eigenvalue weighted by Crippen LogP contribution is 2.24. The lowest BCUT2D eigenvalue weighted by Gasteiger charge is -2.18. The number of aliphatic imine (C=N–C) groups is 1. The van der Waals surface area contributed by atoms with Crippen molar-refractivity contribution in [2.24, 2.45) is 10.4 Å². The molecule has 0 aliphatic carbocycles. The number of carbonyl (C=O) groups is 1. The number of furan rings is 1. The molecule has 0 aliphatic rings. The molecule has 1 aromatic heterocycles. The van der Waals surface area contributed by atoms with Crippen LogP contribution in [0, 0.1) is 12.3 Å². The third kappa shape index (κ3) is 5.89. The minimum atomic E-state index is -0.376. The summed E-state index contributed by atoms with van der Waals surface area (Å²) in [4.78, 5) is 16.0. The first-order valence-electron chi connectivity index (χ1n) is 8.52. The van der Waals surface area contributed by atoms with Crippen LogP contribution in [0.4, 0.5) is 0 Å². The Hall–Kier alpha value is -1.77. The molecule has 7 heteroatoms. The first-order valence-corrected chi connectivity index (χ1v) is 8.52. The number of benzene rings is 1. The van der Waals surface area contributed by atoms with Gasteiger partial charge in [0.1, 0.15) is 11.3 Å².